The number of carbonyl (C=O) groups excluding carboxylic acids is 2. The minimum Gasteiger partial charge on any atom is -0.466 e. The van der Waals surface area contributed by atoms with Crippen molar-refractivity contribution in [1.82, 2.24) is 4.90 Å². The van der Waals surface area contributed by atoms with Crippen LogP contribution in [-0.2, 0) is 9.53 Å². The van der Waals surface area contributed by atoms with E-state index in [1.54, 1.807) is 36.1 Å². The quantitative estimate of drug-likeness (QED) is 0.806. The third-order valence-corrected chi connectivity index (χ3v) is 3.64. The zero-order valence-electron chi connectivity index (χ0n) is 11.5. The van der Waals surface area contributed by atoms with Crippen LogP contribution in [0.1, 0.15) is 30.1 Å². The van der Waals surface area contributed by atoms with Crippen LogP contribution in [0.5, 0.6) is 0 Å². The number of carbonyl (C=O) groups is 2. The first-order chi connectivity index (χ1) is 9.61. The molecule has 0 radical (unpaired) electrons. The van der Waals surface area contributed by atoms with Crippen LogP contribution in [0.25, 0.3) is 0 Å². The molecule has 0 aliphatic carbocycles. The zero-order chi connectivity index (χ0) is 14.5. The Morgan fingerprint density at radius 1 is 1.45 bits per heavy atom. The van der Waals surface area contributed by atoms with Crippen LogP contribution in [0.15, 0.2) is 24.3 Å². The Morgan fingerprint density at radius 3 is 2.95 bits per heavy atom. The molecule has 1 aromatic carbocycles. The van der Waals surface area contributed by atoms with E-state index in [2.05, 4.69) is 0 Å². The third kappa shape index (κ3) is 3.51. The van der Waals surface area contributed by atoms with Crippen molar-refractivity contribution in [2.45, 2.75) is 19.8 Å². The van der Waals surface area contributed by atoms with Gasteiger partial charge in [0.25, 0.3) is 5.91 Å². The van der Waals surface area contributed by atoms with E-state index in [0.717, 1.165) is 12.8 Å². The van der Waals surface area contributed by atoms with E-state index in [4.69, 9.17) is 16.3 Å². The molecule has 0 bridgehead atoms. The molecule has 108 valence electrons. The van der Waals surface area contributed by atoms with Gasteiger partial charge in [-0.2, -0.15) is 0 Å². The normalized spacial score (nSPS) is 18.7. The maximum Gasteiger partial charge on any atom is 0.310 e. The Bertz CT molecular complexity index is 504. The first-order valence-corrected chi connectivity index (χ1v) is 7.21. The lowest BCUT2D eigenvalue weighted by molar-refractivity contribution is -0.149. The first-order valence-electron chi connectivity index (χ1n) is 6.83. The number of esters is 1. The summed E-state index contributed by atoms with van der Waals surface area (Å²) in [5.74, 6) is -0.510. The van der Waals surface area contributed by atoms with Crippen LogP contribution in [0.4, 0.5) is 0 Å². The van der Waals surface area contributed by atoms with Crippen LogP contribution >= 0.6 is 11.6 Å². The lowest BCUT2D eigenvalue weighted by Gasteiger charge is -2.31. The van der Waals surface area contributed by atoms with E-state index < -0.39 is 0 Å². The number of likely N-dealkylation sites (tertiary alicyclic amines) is 1. The largest absolute Gasteiger partial charge is 0.466 e. The predicted molar refractivity (Wildman–Crippen MR) is 76.7 cm³/mol. The Balaban J connectivity index is 2.05. The smallest absolute Gasteiger partial charge is 0.310 e. The highest BCUT2D eigenvalue weighted by atomic mass is 35.5. The molecule has 1 aliphatic heterocycles. The van der Waals surface area contributed by atoms with Gasteiger partial charge in [-0.05, 0) is 38.0 Å². The van der Waals surface area contributed by atoms with Gasteiger partial charge in [0, 0.05) is 23.7 Å². The van der Waals surface area contributed by atoms with Crippen molar-refractivity contribution in [2.24, 2.45) is 5.92 Å². The molecular formula is C15H18ClNO3. The summed E-state index contributed by atoms with van der Waals surface area (Å²) in [6, 6.07) is 6.87. The highest BCUT2D eigenvalue weighted by Gasteiger charge is 2.29. The third-order valence-electron chi connectivity index (χ3n) is 3.40. The van der Waals surface area contributed by atoms with Crippen LogP contribution in [0.2, 0.25) is 5.02 Å². The molecule has 0 spiro atoms. The highest BCUT2D eigenvalue weighted by molar-refractivity contribution is 6.30. The molecule has 1 heterocycles. The van der Waals surface area contributed by atoms with Gasteiger partial charge in [-0.1, -0.05) is 17.7 Å². The predicted octanol–water partition coefficient (Wildman–Crippen LogP) is 2.76. The van der Waals surface area contributed by atoms with Crippen LogP contribution < -0.4 is 0 Å². The van der Waals surface area contributed by atoms with Gasteiger partial charge in [0.15, 0.2) is 0 Å². The van der Waals surface area contributed by atoms with Gasteiger partial charge in [0.05, 0.1) is 12.5 Å². The van der Waals surface area contributed by atoms with Gasteiger partial charge in [0.2, 0.25) is 0 Å². The van der Waals surface area contributed by atoms with E-state index in [0.29, 0.717) is 30.3 Å². The summed E-state index contributed by atoms with van der Waals surface area (Å²) in [4.78, 5) is 25.9. The second kappa shape index (κ2) is 6.75. The number of hydrogen-bond acceptors (Lipinski definition) is 3. The van der Waals surface area contributed by atoms with E-state index in [1.165, 1.54) is 0 Å². The maximum atomic E-state index is 12.4. The number of halogens is 1. The average Bonchev–Trinajstić information content (AvgIpc) is 2.47. The molecule has 0 aromatic heterocycles. The molecule has 4 nitrogen and oxygen atoms in total. The van der Waals surface area contributed by atoms with Gasteiger partial charge in [-0.3, -0.25) is 9.59 Å². The average molecular weight is 296 g/mol. The van der Waals surface area contributed by atoms with Crippen molar-refractivity contribution in [1.29, 1.82) is 0 Å². The lowest BCUT2D eigenvalue weighted by Crippen LogP contribution is -2.42. The summed E-state index contributed by atoms with van der Waals surface area (Å²) in [7, 11) is 0. The number of amides is 1. The molecule has 0 N–H and O–H groups in total. The minimum absolute atomic E-state index is 0.0819. The number of nitrogens with zero attached hydrogens (tertiary/aromatic N) is 1. The van der Waals surface area contributed by atoms with E-state index in [-0.39, 0.29) is 17.8 Å². The highest BCUT2D eigenvalue weighted by Crippen LogP contribution is 2.21. The lowest BCUT2D eigenvalue weighted by atomic mass is 9.97. The molecule has 1 aliphatic rings. The van der Waals surface area contributed by atoms with Gasteiger partial charge < -0.3 is 9.64 Å². The van der Waals surface area contributed by atoms with Gasteiger partial charge in [0.1, 0.15) is 0 Å². The molecule has 1 fully saturated rings. The van der Waals surface area contributed by atoms with Gasteiger partial charge in [-0.15, -0.1) is 0 Å². The standard InChI is InChI=1S/C15H18ClNO3/c1-2-20-15(19)12-6-4-8-17(10-12)14(18)11-5-3-7-13(16)9-11/h3,5,7,9,12H,2,4,6,8,10H2,1H3/t12-/m1/s1. The first kappa shape index (κ1) is 14.9. The summed E-state index contributed by atoms with van der Waals surface area (Å²) >= 11 is 5.90. The molecule has 1 aromatic rings. The Morgan fingerprint density at radius 2 is 2.25 bits per heavy atom. The molecule has 20 heavy (non-hydrogen) atoms. The molecule has 1 saturated heterocycles. The summed E-state index contributed by atoms with van der Waals surface area (Å²) in [5.41, 5.74) is 0.557. The van der Waals surface area contributed by atoms with E-state index >= 15 is 0 Å². The molecule has 0 unspecified atom stereocenters. The number of benzene rings is 1. The SMILES string of the molecule is CCOC(=O)[C@@H]1CCCN(C(=O)c2cccc(Cl)c2)C1. The summed E-state index contributed by atoms with van der Waals surface area (Å²) in [5, 5.41) is 0.537. The van der Waals surface area contributed by atoms with E-state index in [9.17, 15) is 9.59 Å². The Hall–Kier alpha value is -1.55. The fourth-order valence-electron chi connectivity index (χ4n) is 2.42. The number of hydrogen-bond donors (Lipinski definition) is 0. The van der Waals surface area contributed by atoms with Gasteiger partial charge in [-0.25, -0.2) is 0 Å². The van der Waals surface area contributed by atoms with Crippen LogP contribution in [0, 0.1) is 5.92 Å². The summed E-state index contributed by atoms with van der Waals surface area (Å²) in [6.45, 7) is 3.25. The molecule has 1 amide bonds. The second-order valence-corrected chi connectivity index (χ2v) is 5.29. The number of ether oxygens (including phenoxy) is 1. The van der Waals surface area contributed by atoms with Crippen molar-refractivity contribution >= 4 is 23.5 Å². The zero-order valence-corrected chi connectivity index (χ0v) is 12.2. The Kier molecular flexibility index (Phi) is 5.01. The second-order valence-electron chi connectivity index (χ2n) is 4.85. The summed E-state index contributed by atoms with van der Waals surface area (Å²) < 4.78 is 5.04. The molecule has 5 heteroatoms. The monoisotopic (exact) mass is 295 g/mol. The topological polar surface area (TPSA) is 46.6 Å². The molecule has 1 atom stereocenters. The fraction of sp³-hybridized carbons (Fsp3) is 0.467. The fourth-order valence-corrected chi connectivity index (χ4v) is 2.61. The Labute approximate surface area is 123 Å². The van der Waals surface area contributed by atoms with Crippen molar-refractivity contribution in [3.05, 3.63) is 34.9 Å². The molecule has 2 rings (SSSR count). The van der Waals surface area contributed by atoms with Crippen LogP contribution in [-0.4, -0.2) is 36.5 Å². The summed E-state index contributed by atoms with van der Waals surface area (Å²) in [6.07, 6.45) is 1.59. The van der Waals surface area contributed by atoms with Crippen molar-refractivity contribution in [3.63, 3.8) is 0 Å². The van der Waals surface area contributed by atoms with E-state index in [1.807, 2.05) is 0 Å². The number of rotatable bonds is 3. The van der Waals surface area contributed by atoms with Crippen molar-refractivity contribution in [3.8, 4) is 0 Å². The van der Waals surface area contributed by atoms with Crippen molar-refractivity contribution in [2.75, 3.05) is 19.7 Å². The number of piperidine rings is 1. The maximum absolute atomic E-state index is 12.4. The molecular weight excluding hydrogens is 278 g/mol. The van der Waals surface area contributed by atoms with Crippen LogP contribution in [0.3, 0.4) is 0 Å². The van der Waals surface area contributed by atoms with Gasteiger partial charge >= 0.3 is 5.97 Å². The molecule has 0 saturated carbocycles. The van der Waals surface area contributed by atoms with Crippen molar-refractivity contribution < 1.29 is 14.3 Å². The minimum atomic E-state index is -0.216.